The molecule has 0 saturated heterocycles. The zero-order valence-corrected chi connectivity index (χ0v) is 9.92. The molecular weight excluding hydrogens is 214 g/mol. The van der Waals surface area contributed by atoms with Crippen molar-refractivity contribution in [3.63, 3.8) is 0 Å². The van der Waals surface area contributed by atoms with E-state index in [4.69, 9.17) is 5.73 Å². The second kappa shape index (κ2) is 5.01. The van der Waals surface area contributed by atoms with Gasteiger partial charge in [0.1, 0.15) is 0 Å². The van der Waals surface area contributed by atoms with Gasteiger partial charge in [0.2, 0.25) is 5.91 Å². The van der Waals surface area contributed by atoms with Gasteiger partial charge >= 0.3 is 0 Å². The van der Waals surface area contributed by atoms with Crippen molar-refractivity contribution in [2.24, 2.45) is 5.73 Å². The van der Waals surface area contributed by atoms with Crippen LogP contribution in [0, 0.1) is 0 Å². The van der Waals surface area contributed by atoms with Crippen molar-refractivity contribution in [3.05, 3.63) is 35.5 Å². The van der Waals surface area contributed by atoms with E-state index >= 15 is 0 Å². The van der Waals surface area contributed by atoms with E-state index in [1.807, 2.05) is 31.4 Å². The van der Waals surface area contributed by atoms with Crippen LogP contribution in [0.15, 0.2) is 24.4 Å². The summed E-state index contributed by atoms with van der Waals surface area (Å²) in [5.74, 6) is -0.295. The predicted molar refractivity (Wildman–Crippen MR) is 68.8 cm³/mol. The molecule has 1 amide bonds. The van der Waals surface area contributed by atoms with E-state index < -0.39 is 0 Å². The minimum atomic E-state index is -0.295. The topological polar surface area (TPSA) is 70.9 Å². The number of nitrogens with one attached hydrogen (secondary N) is 2. The molecule has 0 radical (unpaired) electrons. The third kappa shape index (κ3) is 2.65. The molecule has 0 fully saturated rings. The molecule has 0 aliphatic heterocycles. The molecule has 0 aliphatic carbocycles. The molecule has 4 nitrogen and oxygen atoms in total. The number of benzene rings is 1. The van der Waals surface area contributed by atoms with Gasteiger partial charge in [-0.2, -0.15) is 0 Å². The number of carbonyl (C=O) groups excluding carboxylic acids is 1. The molecule has 90 valence electrons. The zero-order chi connectivity index (χ0) is 12.3. The first kappa shape index (κ1) is 11.7. The number of aromatic nitrogens is 1. The van der Waals surface area contributed by atoms with E-state index in [2.05, 4.69) is 10.3 Å². The fraction of sp³-hybridized carbons (Fsp3) is 0.308. The van der Waals surface area contributed by atoms with Gasteiger partial charge in [-0.25, -0.2) is 0 Å². The lowest BCUT2D eigenvalue weighted by Crippen LogP contribution is -2.13. The molecule has 1 aromatic heterocycles. The average Bonchev–Trinajstić information content (AvgIpc) is 2.68. The molecule has 1 heterocycles. The number of H-pyrrole nitrogens is 1. The number of carbonyl (C=O) groups is 1. The number of aromatic amines is 1. The Kier molecular flexibility index (Phi) is 3.44. The number of rotatable bonds is 5. The normalized spacial score (nSPS) is 10.9. The van der Waals surface area contributed by atoms with Gasteiger partial charge in [0.15, 0.2) is 0 Å². The van der Waals surface area contributed by atoms with Crippen LogP contribution in [0.2, 0.25) is 0 Å². The second-order valence-electron chi connectivity index (χ2n) is 4.19. The van der Waals surface area contributed by atoms with Crippen molar-refractivity contribution in [1.82, 2.24) is 10.3 Å². The molecule has 0 spiro atoms. The summed E-state index contributed by atoms with van der Waals surface area (Å²) in [7, 11) is 1.94. The molecule has 4 N–H and O–H groups in total. The first-order valence-electron chi connectivity index (χ1n) is 5.72. The standard InChI is InChI=1S/C13H17N3O/c1-15-5-4-10-8-16-12-3-2-9(6-11(10)12)7-13(14)17/h2-3,6,8,15-16H,4-5,7H2,1H3,(H2,14,17). The van der Waals surface area contributed by atoms with E-state index in [1.54, 1.807) is 0 Å². The first-order valence-corrected chi connectivity index (χ1v) is 5.72. The van der Waals surface area contributed by atoms with Crippen LogP contribution >= 0.6 is 0 Å². The lowest BCUT2D eigenvalue weighted by atomic mass is 10.1. The fourth-order valence-electron chi connectivity index (χ4n) is 2.00. The number of hydrogen-bond donors (Lipinski definition) is 3. The third-order valence-electron chi connectivity index (χ3n) is 2.85. The van der Waals surface area contributed by atoms with E-state index in [0.29, 0.717) is 6.42 Å². The number of primary amides is 1. The Labute approximate surface area is 100 Å². The lowest BCUT2D eigenvalue weighted by Gasteiger charge is -2.01. The molecule has 0 aliphatic rings. The Hall–Kier alpha value is -1.81. The minimum Gasteiger partial charge on any atom is -0.369 e. The maximum atomic E-state index is 10.9. The maximum absolute atomic E-state index is 10.9. The quantitative estimate of drug-likeness (QED) is 0.717. The van der Waals surface area contributed by atoms with E-state index in [0.717, 1.165) is 24.0 Å². The van der Waals surface area contributed by atoms with Crippen LogP contribution in [0.5, 0.6) is 0 Å². The number of amides is 1. The smallest absolute Gasteiger partial charge is 0.221 e. The summed E-state index contributed by atoms with van der Waals surface area (Å²) in [6.45, 7) is 0.938. The molecule has 4 heteroatoms. The van der Waals surface area contributed by atoms with Crippen LogP contribution in [0.3, 0.4) is 0 Å². The van der Waals surface area contributed by atoms with E-state index in [-0.39, 0.29) is 5.91 Å². The van der Waals surface area contributed by atoms with E-state index in [9.17, 15) is 4.79 Å². The highest BCUT2D eigenvalue weighted by atomic mass is 16.1. The summed E-state index contributed by atoms with van der Waals surface area (Å²) in [5.41, 5.74) is 8.54. The van der Waals surface area contributed by atoms with Gasteiger partial charge in [-0.05, 0) is 43.3 Å². The molecule has 1 aromatic carbocycles. The average molecular weight is 231 g/mol. The summed E-state index contributed by atoms with van der Waals surface area (Å²) in [4.78, 5) is 14.1. The number of nitrogens with two attached hydrogens (primary N) is 1. The van der Waals surface area contributed by atoms with Crippen molar-refractivity contribution in [3.8, 4) is 0 Å². The zero-order valence-electron chi connectivity index (χ0n) is 9.92. The fourth-order valence-corrected chi connectivity index (χ4v) is 2.00. The summed E-state index contributed by atoms with van der Waals surface area (Å²) in [6, 6.07) is 5.98. The van der Waals surface area contributed by atoms with Crippen LogP contribution < -0.4 is 11.1 Å². The molecule has 2 rings (SSSR count). The Morgan fingerprint density at radius 2 is 2.29 bits per heavy atom. The largest absolute Gasteiger partial charge is 0.369 e. The minimum absolute atomic E-state index is 0.295. The molecule has 17 heavy (non-hydrogen) atoms. The Morgan fingerprint density at radius 3 is 3.00 bits per heavy atom. The summed E-state index contributed by atoms with van der Waals surface area (Å²) in [5, 5.41) is 4.31. The monoisotopic (exact) mass is 231 g/mol. The SMILES string of the molecule is CNCCc1c[nH]c2ccc(CC(N)=O)cc12. The van der Waals surface area contributed by atoms with Gasteiger partial charge in [0, 0.05) is 17.1 Å². The van der Waals surface area contributed by atoms with Crippen LogP contribution in [0.1, 0.15) is 11.1 Å². The van der Waals surface area contributed by atoms with Gasteiger partial charge in [-0.15, -0.1) is 0 Å². The Morgan fingerprint density at radius 1 is 1.47 bits per heavy atom. The van der Waals surface area contributed by atoms with Crippen molar-refractivity contribution in [2.75, 3.05) is 13.6 Å². The number of hydrogen-bond acceptors (Lipinski definition) is 2. The molecular formula is C13H17N3O. The Bertz CT molecular complexity index is 530. The van der Waals surface area contributed by atoms with Crippen molar-refractivity contribution < 1.29 is 4.79 Å². The highest BCUT2D eigenvalue weighted by molar-refractivity contribution is 5.85. The van der Waals surface area contributed by atoms with E-state index in [1.165, 1.54) is 10.9 Å². The summed E-state index contributed by atoms with van der Waals surface area (Å²) >= 11 is 0. The summed E-state index contributed by atoms with van der Waals surface area (Å²) in [6.07, 6.45) is 3.29. The highest BCUT2D eigenvalue weighted by Crippen LogP contribution is 2.20. The molecule has 0 atom stereocenters. The van der Waals surface area contributed by atoms with Crippen molar-refractivity contribution in [2.45, 2.75) is 12.8 Å². The van der Waals surface area contributed by atoms with Crippen LogP contribution in [-0.2, 0) is 17.6 Å². The molecule has 2 aromatic rings. The predicted octanol–water partition coefficient (Wildman–Crippen LogP) is 0.958. The maximum Gasteiger partial charge on any atom is 0.221 e. The highest BCUT2D eigenvalue weighted by Gasteiger charge is 2.05. The number of fused-ring (bicyclic) bond motifs is 1. The van der Waals surface area contributed by atoms with Crippen LogP contribution in [-0.4, -0.2) is 24.5 Å². The Balaban J connectivity index is 2.32. The van der Waals surface area contributed by atoms with Crippen LogP contribution in [0.4, 0.5) is 0 Å². The molecule has 0 unspecified atom stereocenters. The van der Waals surface area contributed by atoms with Gasteiger partial charge in [0.05, 0.1) is 6.42 Å². The van der Waals surface area contributed by atoms with Crippen LogP contribution in [0.25, 0.3) is 10.9 Å². The van der Waals surface area contributed by atoms with Gasteiger partial charge in [-0.3, -0.25) is 4.79 Å². The number of likely N-dealkylation sites (N-methyl/N-ethyl adjacent to an activating group) is 1. The van der Waals surface area contributed by atoms with Gasteiger partial charge in [0.25, 0.3) is 0 Å². The molecule has 0 bridgehead atoms. The summed E-state index contributed by atoms with van der Waals surface area (Å²) < 4.78 is 0. The van der Waals surface area contributed by atoms with Gasteiger partial charge < -0.3 is 16.0 Å². The lowest BCUT2D eigenvalue weighted by molar-refractivity contribution is -0.117. The van der Waals surface area contributed by atoms with Gasteiger partial charge in [-0.1, -0.05) is 6.07 Å². The third-order valence-corrected chi connectivity index (χ3v) is 2.85. The van der Waals surface area contributed by atoms with Crippen molar-refractivity contribution in [1.29, 1.82) is 0 Å². The second-order valence-corrected chi connectivity index (χ2v) is 4.19. The molecule has 0 saturated carbocycles. The first-order chi connectivity index (χ1) is 8.20. The van der Waals surface area contributed by atoms with Crippen molar-refractivity contribution >= 4 is 16.8 Å².